The number of benzene rings is 1. The molecule has 32 heavy (non-hydrogen) atoms. The minimum atomic E-state index is -5.09. The van der Waals surface area contributed by atoms with Crippen LogP contribution in [0.4, 0.5) is 26.3 Å². The highest BCUT2D eigenvalue weighted by atomic mass is 35.5. The predicted molar refractivity (Wildman–Crippen MR) is 94.9 cm³/mol. The van der Waals surface area contributed by atoms with Gasteiger partial charge < -0.3 is 15.9 Å². The van der Waals surface area contributed by atoms with Gasteiger partial charge in [-0.3, -0.25) is 19.4 Å². The second-order valence-corrected chi connectivity index (χ2v) is 6.76. The van der Waals surface area contributed by atoms with E-state index in [9.17, 15) is 50.9 Å². The molecule has 14 heteroatoms. The molecule has 1 unspecified atom stereocenters. The van der Waals surface area contributed by atoms with Gasteiger partial charge in [-0.25, -0.2) is 0 Å². The van der Waals surface area contributed by atoms with Gasteiger partial charge in [-0.1, -0.05) is 29.8 Å². The van der Waals surface area contributed by atoms with Gasteiger partial charge in [-0.2, -0.15) is 26.3 Å². The van der Waals surface area contributed by atoms with Crippen molar-refractivity contribution < 1.29 is 50.9 Å². The summed E-state index contributed by atoms with van der Waals surface area (Å²) >= 11 is 5.67. The standard InChI is InChI=1S/C18H11ClF6N2O5/c19-10-5-7(17(20,21)22)6-27-13(10)16(14(29)30,15(31)32)12(26)11(28)8-3-1-2-4-9(8)18(23,24)25/h1-6,12H,26H2,(H,29,30)(H,31,32). The van der Waals surface area contributed by atoms with E-state index in [0.29, 0.717) is 12.1 Å². The SMILES string of the molecule is NC(C(=O)c1ccccc1C(F)(F)F)C(C(=O)O)(C(=O)O)c1ncc(C(F)(F)F)cc1Cl. The number of carbonyl (C=O) groups is 3. The summed E-state index contributed by atoms with van der Waals surface area (Å²) in [5.41, 5.74) is -3.47. The van der Waals surface area contributed by atoms with E-state index in [2.05, 4.69) is 4.98 Å². The number of carboxylic acids is 2. The van der Waals surface area contributed by atoms with Crippen molar-refractivity contribution in [3.8, 4) is 0 Å². The van der Waals surface area contributed by atoms with E-state index in [1.165, 1.54) is 0 Å². The first-order valence-electron chi connectivity index (χ1n) is 8.22. The molecule has 1 aromatic carbocycles. The van der Waals surface area contributed by atoms with Crippen molar-refractivity contribution in [2.75, 3.05) is 0 Å². The number of pyridine rings is 1. The van der Waals surface area contributed by atoms with E-state index < -0.39 is 68.9 Å². The zero-order valence-electron chi connectivity index (χ0n) is 15.3. The number of aliphatic carboxylic acids is 2. The molecular weight excluding hydrogens is 474 g/mol. The molecule has 172 valence electrons. The molecule has 0 aliphatic rings. The molecule has 4 N–H and O–H groups in total. The number of ketones is 1. The molecule has 2 rings (SSSR count). The number of Topliss-reactive ketones (excluding diaryl/α,β-unsaturated/α-hetero) is 1. The molecule has 1 aromatic heterocycles. The van der Waals surface area contributed by atoms with Gasteiger partial charge in [-0.05, 0) is 12.1 Å². The van der Waals surface area contributed by atoms with Crippen LogP contribution in [0.3, 0.4) is 0 Å². The largest absolute Gasteiger partial charge is 0.480 e. The molecule has 0 aliphatic heterocycles. The lowest BCUT2D eigenvalue weighted by molar-refractivity contribution is -0.158. The smallest absolute Gasteiger partial charge is 0.417 e. The molecule has 0 amide bonds. The highest BCUT2D eigenvalue weighted by molar-refractivity contribution is 6.32. The molecule has 0 saturated heterocycles. The molecule has 1 atom stereocenters. The van der Waals surface area contributed by atoms with Gasteiger partial charge in [0.05, 0.1) is 21.8 Å². The number of carboxylic acid groups (broad SMARTS) is 2. The summed E-state index contributed by atoms with van der Waals surface area (Å²) in [6, 6.07) is 0.421. The maximum absolute atomic E-state index is 13.3. The number of carbonyl (C=O) groups excluding carboxylic acids is 1. The van der Waals surface area contributed by atoms with Gasteiger partial charge in [0.1, 0.15) is 6.04 Å². The third kappa shape index (κ3) is 4.25. The third-order valence-electron chi connectivity index (χ3n) is 4.46. The third-order valence-corrected chi connectivity index (χ3v) is 4.75. The van der Waals surface area contributed by atoms with Crippen molar-refractivity contribution >= 4 is 29.3 Å². The first-order chi connectivity index (χ1) is 14.6. The van der Waals surface area contributed by atoms with E-state index in [4.69, 9.17) is 17.3 Å². The molecule has 2 aromatic rings. The zero-order chi connectivity index (χ0) is 24.6. The Labute approximate surface area is 179 Å². The zero-order valence-corrected chi connectivity index (χ0v) is 16.1. The Balaban J connectivity index is 2.77. The highest BCUT2D eigenvalue weighted by Crippen LogP contribution is 2.39. The fourth-order valence-electron chi connectivity index (χ4n) is 2.90. The molecule has 0 spiro atoms. The average molecular weight is 485 g/mol. The lowest BCUT2D eigenvalue weighted by Crippen LogP contribution is -2.60. The van der Waals surface area contributed by atoms with Crippen molar-refractivity contribution in [2.24, 2.45) is 5.73 Å². The van der Waals surface area contributed by atoms with Crippen molar-refractivity contribution in [3.05, 3.63) is 63.9 Å². The summed E-state index contributed by atoms with van der Waals surface area (Å²) in [7, 11) is 0. The summed E-state index contributed by atoms with van der Waals surface area (Å²) < 4.78 is 78.4. The summed E-state index contributed by atoms with van der Waals surface area (Å²) in [5, 5.41) is 18.2. The maximum atomic E-state index is 13.3. The topological polar surface area (TPSA) is 131 Å². The van der Waals surface area contributed by atoms with Gasteiger partial charge in [0.15, 0.2) is 5.78 Å². The van der Waals surface area contributed by atoms with Gasteiger partial charge >= 0.3 is 24.3 Å². The lowest BCUT2D eigenvalue weighted by atomic mass is 9.73. The molecule has 0 aliphatic carbocycles. The molecule has 0 bridgehead atoms. The number of hydrogen-bond acceptors (Lipinski definition) is 5. The summed E-state index contributed by atoms with van der Waals surface area (Å²) in [6.45, 7) is 0. The number of alkyl halides is 6. The first-order valence-corrected chi connectivity index (χ1v) is 8.60. The van der Waals surface area contributed by atoms with Crippen LogP contribution in [0.5, 0.6) is 0 Å². The van der Waals surface area contributed by atoms with Gasteiger partial charge in [0, 0.05) is 11.8 Å². The van der Waals surface area contributed by atoms with Gasteiger partial charge in [-0.15, -0.1) is 0 Å². The van der Waals surface area contributed by atoms with Crippen LogP contribution in [0.15, 0.2) is 36.5 Å². The molecule has 0 saturated carbocycles. The summed E-state index contributed by atoms with van der Waals surface area (Å²) in [6.07, 6.45) is -10.0. The van der Waals surface area contributed by atoms with Crippen LogP contribution in [0.2, 0.25) is 5.02 Å². The Bertz CT molecular complexity index is 1070. The minimum Gasteiger partial charge on any atom is -0.480 e. The van der Waals surface area contributed by atoms with Crippen molar-refractivity contribution in [2.45, 2.75) is 23.8 Å². The average Bonchev–Trinajstić information content (AvgIpc) is 2.66. The first kappa shape index (κ1) is 25.1. The van der Waals surface area contributed by atoms with Gasteiger partial charge in [0.25, 0.3) is 0 Å². The number of aromatic nitrogens is 1. The second kappa shape index (κ2) is 8.39. The fourth-order valence-corrected chi connectivity index (χ4v) is 3.22. The molecule has 0 fully saturated rings. The number of nitrogens with zero attached hydrogens (tertiary/aromatic N) is 1. The van der Waals surface area contributed by atoms with Crippen LogP contribution in [-0.2, 0) is 27.4 Å². The van der Waals surface area contributed by atoms with Crippen LogP contribution >= 0.6 is 11.6 Å². The Kier molecular flexibility index (Phi) is 6.57. The normalized spacial score (nSPS) is 13.5. The van der Waals surface area contributed by atoms with E-state index in [1.54, 1.807) is 0 Å². The molecule has 7 nitrogen and oxygen atoms in total. The fraction of sp³-hybridized carbons (Fsp3) is 0.222. The number of nitrogens with two attached hydrogens (primary N) is 1. The van der Waals surface area contributed by atoms with Crippen LogP contribution in [-0.4, -0.2) is 39.0 Å². The second-order valence-electron chi connectivity index (χ2n) is 6.36. The van der Waals surface area contributed by atoms with Crippen LogP contribution in [0.1, 0.15) is 27.2 Å². The monoisotopic (exact) mass is 484 g/mol. The Morgan fingerprint density at radius 2 is 1.50 bits per heavy atom. The van der Waals surface area contributed by atoms with E-state index in [0.717, 1.165) is 12.1 Å². The van der Waals surface area contributed by atoms with Gasteiger partial charge in [0.2, 0.25) is 5.41 Å². The van der Waals surface area contributed by atoms with Crippen LogP contribution in [0, 0.1) is 0 Å². The van der Waals surface area contributed by atoms with E-state index in [1.807, 2.05) is 0 Å². The van der Waals surface area contributed by atoms with Crippen LogP contribution in [0.25, 0.3) is 0 Å². The maximum Gasteiger partial charge on any atom is 0.417 e. The van der Waals surface area contributed by atoms with Crippen molar-refractivity contribution in [1.82, 2.24) is 4.98 Å². The number of rotatable bonds is 6. The van der Waals surface area contributed by atoms with Crippen molar-refractivity contribution in [3.63, 3.8) is 0 Å². The predicted octanol–water partition coefficient (Wildman–Crippen LogP) is 3.39. The Morgan fingerprint density at radius 1 is 0.969 bits per heavy atom. The summed E-state index contributed by atoms with van der Waals surface area (Å²) in [5.74, 6) is -6.53. The highest BCUT2D eigenvalue weighted by Gasteiger charge is 2.59. The van der Waals surface area contributed by atoms with Crippen LogP contribution < -0.4 is 5.73 Å². The molecule has 0 radical (unpaired) electrons. The van der Waals surface area contributed by atoms with E-state index >= 15 is 0 Å². The Hall–Kier alpha value is -3.19. The number of hydrogen-bond donors (Lipinski definition) is 3. The summed E-state index contributed by atoms with van der Waals surface area (Å²) in [4.78, 5) is 39.9. The number of halogens is 7. The molecule has 1 heterocycles. The minimum absolute atomic E-state index is 0.0582. The lowest BCUT2D eigenvalue weighted by Gasteiger charge is -2.30. The Morgan fingerprint density at radius 3 is 1.94 bits per heavy atom. The molecular formula is C18H11ClF6N2O5. The van der Waals surface area contributed by atoms with E-state index in [-0.39, 0.29) is 12.3 Å². The van der Waals surface area contributed by atoms with Crippen molar-refractivity contribution in [1.29, 1.82) is 0 Å². The quantitative estimate of drug-likeness (QED) is 0.325.